The van der Waals surface area contributed by atoms with Crippen molar-refractivity contribution in [3.8, 4) is 0 Å². The van der Waals surface area contributed by atoms with Gasteiger partial charge >= 0.3 is 0 Å². The summed E-state index contributed by atoms with van der Waals surface area (Å²) in [6.07, 6.45) is 3.16. The predicted molar refractivity (Wildman–Crippen MR) is 29.7 cm³/mol. The van der Waals surface area contributed by atoms with Gasteiger partial charge in [-0.2, -0.15) is 0 Å². The number of carbonyl (C=O) groups excluding carboxylic acids is 2. The smallest absolute Gasteiger partial charge is 0.210 e. The Balaban J connectivity index is 3.68. The first-order valence-electron chi connectivity index (χ1n) is 2.47. The topological polar surface area (TPSA) is 34.1 Å². The molecule has 44 valence electrons. The van der Waals surface area contributed by atoms with Crippen LogP contribution in [0.3, 0.4) is 0 Å². The molecule has 0 aliphatic rings. The third-order valence-electron chi connectivity index (χ3n) is 0.921. The highest BCUT2D eigenvalue weighted by atomic mass is 16.1. The fraction of sp³-hybridized carbons (Fsp3) is 0.667. The molecular formula is C6H8O2. The maximum atomic E-state index is 9.79. The predicted octanol–water partition coefficient (Wildman–Crippen LogP) is 0.478. The van der Waals surface area contributed by atoms with Crippen molar-refractivity contribution in [3.63, 3.8) is 0 Å². The van der Waals surface area contributed by atoms with Gasteiger partial charge in [-0.1, -0.05) is 13.8 Å². The highest BCUT2D eigenvalue weighted by Crippen LogP contribution is 2.02. The fourth-order valence-electron chi connectivity index (χ4n) is 0.296. The molecule has 8 heavy (non-hydrogen) atoms. The molecule has 0 aliphatic carbocycles. The second-order valence-electron chi connectivity index (χ2n) is 1.96. The molecule has 0 aromatic heterocycles. The number of hydrogen-bond acceptors (Lipinski definition) is 2. The van der Waals surface area contributed by atoms with Crippen LogP contribution in [0.15, 0.2) is 0 Å². The summed E-state index contributed by atoms with van der Waals surface area (Å²) in [7, 11) is 0. The van der Waals surface area contributed by atoms with Crippen LogP contribution in [0, 0.1) is 11.8 Å². The minimum Gasteiger partial charge on any atom is -0.290 e. The van der Waals surface area contributed by atoms with Gasteiger partial charge in [0.05, 0.1) is 5.92 Å². The average Bonchev–Trinajstić information content (AvgIpc) is 1.69. The zero-order valence-electron chi connectivity index (χ0n) is 4.97. The monoisotopic (exact) mass is 112 g/mol. The van der Waals surface area contributed by atoms with E-state index >= 15 is 0 Å². The summed E-state index contributed by atoms with van der Waals surface area (Å²) in [5.41, 5.74) is 0. The standard InChI is InChI=1S/C6H8O2/c1-5(2)6(3-7)4-8/h5-6H,1-2H3. The summed E-state index contributed by atoms with van der Waals surface area (Å²) in [6, 6.07) is 0. The van der Waals surface area contributed by atoms with Crippen molar-refractivity contribution >= 4 is 12.6 Å². The van der Waals surface area contributed by atoms with Gasteiger partial charge in [0.2, 0.25) is 12.6 Å². The van der Waals surface area contributed by atoms with Crippen LogP contribution in [0.2, 0.25) is 0 Å². The molecule has 0 amide bonds. The Kier molecular flexibility index (Phi) is 3.08. The lowest BCUT2D eigenvalue weighted by atomic mass is 10.00. The molecular weight excluding hydrogens is 104 g/mol. The van der Waals surface area contributed by atoms with Gasteiger partial charge in [0, 0.05) is 0 Å². The van der Waals surface area contributed by atoms with Gasteiger partial charge in [-0.25, -0.2) is 0 Å². The van der Waals surface area contributed by atoms with Gasteiger partial charge < -0.3 is 0 Å². The van der Waals surface area contributed by atoms with Crippen LogP contribution in [-0.2, 0) is 9.59 Å². The Morgan fingerprint density at radius 3 is 1.50 bits per heavy atom. The summed E-state index contributed by atoms with van der Waals surface area (Å²) in [5, 5.41) is 0. The fourth-order valence-corrected chi connectivity index (χ4v) is 0.296. The summed E-state index contributed by atoms with van der Waals surface area (Å²) in [6.45, 7) is 3.56. The van der Waals surface area contributed by atoms with Crippen molar-refractivity contribution in [1.29, 1.82) is 0 Å². The van der Waals surface area contributed by atoms with E-state index in [0.717, 1.165) is 0 Å². The van der Waals surface area contributed by atoms with Crippen LogP contribution >= 0.6 is 0 Å². The van der Waals surface area contributed by atoms with Crippen LogP contribution < -0.4 is 0 Å². The van der Waals surface area contributed by atoms with Crippen molar-refractivity contribution in [2.75, 3.05) is 0 Å². The zero-order chi connectivity index (χ0) is 6.57. The Morgan fingerprint density at radius 1 is 1.12 bits per heavy atom. The van der Waals surface area contributed by atoms with Crippen molar-refractivity contribution in [1.82, 2.24) is 0 Å². The summed E-state index contributed by atoms with van der Waals surface area (Å²) >= 11 is 0. The molecule has 2 heteroatoms. The van der Waals surface area contributed by atoms with E-state index < -0.39 is 5.92 Å². The first-order valence-corrected chi connectivity index (χ1v) is 2.47. The second-order valence-corrected chi connectivity index (χ2v) is 1.96. The van der Waals surface area contributed by atoms with Gasteiger partial charge in [-0.3, -0.25) is 9.59 Å². The number of hydrogen-bond donors (Lipinski definition) is 0. The average molecular weight is 112 g/mol. The Hall–Kier alpha value is -0.660. The van der Waals surface area contributed by atoms with Crippen molar-refractivity contribution in [2.24, 2.45) is 11.8 Å². The van der Waals surface area contributed by atoms with Crippen LogP contribution in [0.1, 0.15) is 13.8 Å². The van der Waals surface area contributed by atoms with Crippen LogP contribution in [0.4, 0.5) is 0 Å². The van der Waals surface area contributed by atoms with Gasteiger partial charge in [0.15, 0.2) is 0 Å². The molecule has 0 unspecified atom stereocenters. The molecule has 0 aromatic carbocycles. The Labute approximate surface area is 48.9 Å². The molecule has 0 saturated carbocycles. The summed E-state index contributed by atoms with van der Waals surface area (Å²) < 4.78 is 0. The Bertz CT molecular complexity index is 78.5. The molecule has 2 radical (unpaired) electrons. The maximum absolute atomic E-state index is 9.79. The van der Waals surface area contributed by atoms with E-state index in [0.29, 0.717) is 0 Å². The molecule has 2 nitrogen and oxygen atoms in total. The van der Waals surface area contributed by atoms with Crippen LogP contribution in [0.25, 0.3) is 0 Å². The van der Waals surface area contributed by atoms with E-state index in [-0.39, 0.29) is 5.92 Å². The SMILES string of the molecule is CC(C)C([C]=O)[C]=O. The third kappa shape index (κ3) is 1.87. The van der Waals surface area contributed by atoms with E-state index in [9.17, 15) is 9.59 Å². The first kappa shape index (κ1) is 7.34. The highest BCUT2D eigenvalue weighted by molar-refractivity contribution is 5.78. The molecule has 0 aromatic rings. The van der Waals surface area contributed by atoms with E-state index in [1.807, 2.05) is 0 Å². The van der Waals surface area contributed by atoms with E-state index in [1.165, 1.54) is 0 Å². The summed E-state index contributed by atoms with van der Waals surface area (Å²) in [4.78, 5) is 19.6. The molecule has 0 spiro atoms. The maximum Gasteiger partial charge on any atom is 0.210 e. The van der Waals surface area contributed by atoms with Crippen molar-refractivity contribution < 1.29 is 9.59 Å². The van der Waals surface area contributed by atoms with Crippen LogP contribution in [-0.4, -0.2) is 12.6 Å². The van der Waals surface area contributed by atoms with Crippen molar-refractivity contribution in [3.05, 3.63) is 0 Å². The number of rotatable bonds is 3. The molecule has 0 aliphatic heterocycles. The first-order chi connectivity index (χ1) is 3.72. The van der Waals surface area contributed by atoms with Gasteiger partial charge in [0.1, 0.15) is 0 Å². The molecule has 0 heterocycles. The van der Waals surface area contributed by atoms with Gasteiger partial charge in [0.25, 0.3) is 0 Å². The van der Waals surface area contributed by atoms with Crippen molar-refractivity contribution in [2.45, 2.75) is 13.8 Å². The third-order valence-corrected chi connectivity index (χ3v) is 0.921. The molecule has 0 atom stereocenters. The molecule has 0 bridgehead atoms. The van der Waals surface area contributed by atoms with Gasteiger partial charge in [-0.15, -0.1) is 0 Å². The lowest BCUT2D eigenvalue weighted by Gasteiger charge is -2.00. The van der Waals surface area contributed by atoms with Gasteiger partial charge in [-0.05, 0) is 5.92 Å². The highest BCUT2D eigenvalue weighted by Gasteiger charge is 2.11. The van der Waals surface area contributed by atoms with E-state index in [2.05, 4.69) is 0 Å². The molecule has 0 rings (SSSR count). The van der Waals surface area contributed by atoms with Crippen LogP contribution in [0.5, 0.6) is 0 Å². The Morgan fingerprint density at radius 2 is 1.50 bits per heavy atom. The largest absolute Gasteiger partial charge is 0.290 e. The summed E-state index contributed by atoms with van der Waals surface area (Å²) in [5.74, 6) is -0.625. The molecule has 0 saturated heterocycles. The normalized spacial score (nSPS) is 10.0. The lowest BCUT2D eigenvalue weighted by molar-refractivity contribution is 0.477. The zero-order valence-corrected chi connectivity index (χ0v) is 4.97. The molecule has 0 fully saturated rings. The minimum atomic E-state index is -0.657. The van der Waals surface area contributed by atoms with E-state index in [4.69, 9.17) is 0 Å². The lowest BCUT2D eigenvalue weighted by Crippen LogP contribution is -2.10. The second kappa shape index (κ2) is 3.36. The molecule has 0 N–H and O–H groups in total. The quantitative estimate of drug-likeness (QED) is 0.497. The van der Waals surface area contributed by atoms with E-state index in [1.54, 1.807) is 26.4 Å². The minimum absolute atomic E-state index is 0.0324.